The third kappa shape index (κ3) is 4.68. The molecule has 178 valence electrons. The Hall–Kier alpha value is -4.90. The first-order chi connectivity index (χ1) is 17.5. The number of carbonyl (C=O) groups is 1. The van der Waals surface area contributed by atoms with Gasteiger partial charge < -0.3 is 15.0 Å². The first-order valence-corrected chi connectivity index (χ1v) is 11.6. The van der Waals surface area contributed by atoms with Crippen molar-refractivity contribution < 1.29 is 9.90 Å². The lowest BCUT2D eigenvalue weighted by atomic mass is 10.1. The lowest BCUT2D eigenvalue weighted by Gasteiger charge is -2.08. The zero-order chi connectivity index (χ0) is 25.1. The molecular formula is C28H24N6O2. The number of aromatic nitrogens is 4. The van der Waals surface area contributed by atoms with E-state index in [1.165, 1.54) is 0 Å². The van der Waals surface area contributed by atoms with Crippen molar-refractivity contribution in [2.24, 2.45) is 7.05 Å². The largest absolute Gasteiger partial charge is 0.481 e. The van der Waals surface area contributed by atoms with Crippen LogP contribution in [0.25, 0.3) is 28.0 Å². The summed E-state index contributed by atoms with van der Waals surface area (Å²) in [6.07, 6.45) is 0.388. The highest BCUT2D eigenvalue weighted by molar-refractivity contribution is 5.79. The SMILES string of the molecule is Cn1c(CNc2ccc(C#N)cc2)nc2cc(-n3nc(CCC(=O)O)cc3-c3ccccc3)ccc21. The molecule has 5 rings (SSSR count). The van der Waals surface area contributed by atoms with E-state index in [2.05, 4.69) is 16.0 Å². The van der Waals surface area contributed by atoms with Gasteiger partial charge in [0.25, 0.3) is 0 Å². The molecule has 36 heavy (non-hydrogen) atoms. The second kappa shape index (κ2) is 9.76. The summed E-state index contributed by atoms with van der Waals surface area (Å²) in [5.41, 5.74) is 6.85. The number of carboxylic acid groups (broad SMARTS) is 1. The highest BCUT2D eigenvalue weighted by Crippen LogP contribution is 2.27. The Morgan fingerprint density at radius 2 is 1.83 bits per heavy atom. The normalized spacial score (nSPS) is 10.9. The highest BCUT2D eigenvalue weighted by atomic mass is 16.4. The third-order valence-corrected chi connectivity index (χ3v) is 6.09. The van der Waals surface area contributed by atoms with Crippen molar-refractivity contribution in [2.75, 3.05) is 5.32 Å². The maximum absolute atomic E-state index is 11.1. The number of hydrogen-bond donors (Lipinski definition) is 2. The van der Waals surface area contributed by atoms with Gasteiger partial charge in [0.1, 0.15) is 5.82 Å². The zero-order valence-electron chi connectivity index (χ0n) is 19.7. The van der Waals surface area contributed by atoms with Crippen LogP contribution in [0, 0.1) is 11.3 Å². The van der Waals surface area contributed by atoms with Gasteiger partial charge in [0.05, 0.1) is 52.7 Å². The number of carboxylic acids is 1. The molecule has 8 heteroatoms. The van der Waals surface area contributed by atoms with Gasteiger partial charge in [-0.05, 0) is 48.5 Å². The Labute approximate surface area is 208 Å². The van der Waals surface area contributed by atoms with Crippen LogP contribution in [0.1, 0.15) is 23.5 Å². The molecule has 0 spiro atoms. The average molecular weight is 477 g/mol. The van der Waals surface area contributed by atoms with E-state index in [1.54, 1.807) is 12.1 Å². The molecule has 0 unspecified atom stereocenters. The Morgan fingerprint density at radius 1 is 1.06 bits per heavy atom. The minimum absolute atomic E-state index is 0.0279. The number of nitrogens with one attached hydrogen (secondary N) is 1. The van der Waals surface area contributed by atoms with Crippen molar-refractivity contribution in [2.45, 2.75) is 19.4 Å². The van der Waals surface area contributed by atoms with Crippen molar-refractivity contribution in [1.29, 1.82) is 5.26 Å². The minimum atomic E-state index is -0.845. The maximum atomic E-state index is 11.1. The van der Waals surface area contributed by atoms with Gasteiger partial charge in [0.2, 0.25) is 0 Å². The van der Waals surface area contributed by atoms with E-state index in [0.717, 1.165) is 45.2 Å². The molecular weight excluding hydrogens is 452 g/mol. The van der Waals surface area contributed by atoms with Gasteiger partial charge in [-0.3, -0.25) is 4.79 Å². The molecule has 0 amide bonds. The topological polar surface area (TPSA) is 109 Å². The number of imidazole rings is 1. The molecule has 0 saturated carbocycles. The number of nitriles is 1. The number of fused-ring (bicyclic) bond motifs is 1. The van der Waals surface area contributed by atoms with Gasteiger partial charge in [-0.25, -0.2) is 9.67 Å². The Morgan fingerprint density at radius 3 is 2.56 bits per heavy atom. The van der Waals surface area contributed by atoms with E-state index >= 15 is 0 Å². The molecule has 0 aliphatic rings. The predicted octanol–water partition coefficient (Wildman–Crippen LogP) is 4.93. The molecule has 2 heterocycles. The van der Waals surface area contributed by atoms with E-state index < -0.39 is 5.97 Å². The number of anilines is 1. The number of hydrogen-bond acceptors (Lipinski definition) is 5. The fourth-order valence-corrected chi connectivity index (χ4v) is 4.17. The summed E-state index contributed by atoms with van der Waals surface area (Å²) in [6, 6.07) is 27.4. The highest BCUT2D eigenvalue weighted by Gasteiger charge is 2.15. The standard InChI is InChI=1S/C28H24N6O2/c1-33-25-13-12-23(16-24(25)31-27(33)18-30-21-9-7-19(17-29)8-10-21)34-26(20-5-3-2-4-6-20)15-22(32-34)11-14-28(35)36/h2-10,12-13,15-16,30H,11,14,18H2,1H3,(H,35,36). The fraction of sp³-hybridized carbons (Fsp3) is 0.143. The fourth-order valence-electron chi connectivity index (χ4n) is 4.17. The van der Waals surface area contributed by atoms with Crippen molar-refractivity contribution in [3.63, 3.8) is 0 Å². The molecule has 0 aliphatic heterocycles. The number of nitrogens with zero attached hydrogens (tertiary/aromatic N) is 5. The molecule has 0 atom stereocenters. The summed E-state index contributed by atoms with van der Waals surface area (Å²) in [7, 11) is 1.98. The second-order valence-electron chi connectivity index (χ2n) is 8.50. The van der Waals surface area contributed by atoms with E-state index in [1.807, 2.05) is 78.5 Å². The zero-order valence-corrected chi connectivity index (χ0v) is 19.7. The van der Waals surface area contributed by atoms with Gasteiger partial charge in [-0.2, -0.15) is 10.4 Å². The Kier molecular flexibility index (Phi) is 6.20. The molecule has 8 nitrogen and oxygen atoms in total. The second-order valence-corrected chi connectivity index (χ2v) is 8.50. The lowest BCUT2D eigenvalue weighted by Crippen LogP contribution is -2.05. The molecule has 0 saturated heterocycles. The van der Waals surface area contributed by atoms with E-state index in [9.17, 15) is 4.79 Å². The monoisotopic (exact) mass is 476 g/mol. The predicted molar refractivity (Wildman–Crippen MR) is 138 cm³/mol. The van der Waals surface area contributed by atoms with Crippen molar-refractivity contribution in [1.82, 2.24) is 19.3 Å². The van der Waals surface area contributed by atoms with Crippen LogP contribution in [0.3, 0.4) is 0 Å². The van der Waals surface area contributed by atoms with E-state index in [0.29, 0.717) is 18.5 Å². The Bertz CT molecular complexity index is 1580. The van der Waals surface area contributed by atoms with Crippen LogP contribution in [0.15, 0.2) is 78.9 Å². The van der Waals surface area contributed by atoms with Gasteiger partial charge in [-0.15, -0.1) is 0 Å². The molecule has 0 aliphatic carbocycles. The van der Waals surface area contributed by atoms with Gasteiger partial charge in [0, 0.05) is 24.7 Å². The lowest BCUT2D eigenvalue weighted by molar-refractivity contribution is -0.136. The molecule has 0 bridgehead atoms. The van der Waals surface area contributed by atoms with Crippen LogP contribution in [-0.2, 0) is 24.8 Å². The van der Waals surface area contributed by atoms with Crippen LogP contribution in [0.5, 0.6) is 0 Å². The number of rotatable bonds is 8. The summed E-state index contributed by atoms with van der Waals surface area (Å²) < 4.78 is 3.91. The maximum Gasteiger partial charge on any atom is 0.303 e. The van der Waals surface area contributed by atoms with E-state index in [4.69, 9.17) is 20.5 Å². The van der Waals surface area contributed by atoms with Crippen LogP contribution >= 0.6 is 0 Å². The third-order valence-electron chi connectivity index (χ3n) is 6.09. The average Bonchev–Trinajstić information content (AvgIpc) is 3.48. The molecule has 0 radical (unpaired) electrons. The van der Waals surface area contributed by atoms with Gasteiger partial charge in [-0.1, -0.05) is 30.3 Å². The summed E-state index contributed by atoms with van der Waals surface area (Å²) in [5, 5.41) is 26.2. The molecule has 2 aromatic heterocycles. The molecule has 5 aromatic rings. The summed E-state index contributed by atoms with van der Waals surface area (Å²) >= 11 is 0. The van der Waals surface area contributed by atoms with Gasteiger partial charge in [0.15, 0.2) is 0 Å². The number of aliphatic carboxylic acids is 1. The quantitative estimate of drug-likeness (QED) is 0.329. The summed E-state index contributed by atoms with van der Waals surface area (Å²) in [6.45, 7) is 0.531. The number of benzene rings is 3. The van der Waals surface area contributed by atoms with Crippen LogP contribution < -0.4 is 5.32 Å². The smallest absolute Gasteiger partial charge is 0.303 e. The first-order valence-electron chi connectivity index (χ1n) is 11.6. The minimum Gasteiger partial charge on any atom is -0.481 e. The molecule has 3 aromatic carbocycles. The van der Waals surface area contributed by atoms with Crippen molar-refractivity contribution in [3.05, 3.63) is 95.9 Å². The Balaban J connectivity index is 1.47. The van der Waals surface area contributed by atoms with Crippen molar-refractivity contribution in [3.8, 4) is 23.0 Å². The molecule has 0 fully saturated rings. The van der Waals surface area contributed by atoms with Gasteiger partial charge >= 0.3 is 5.97 Å². The summed E-state index contributed by atoms with van der Waals surface area (Å²) in [5.74, 6) is 0.0280. The first kappa shape index (κ1) is 22.9. The van der Waals surface area contributed by atoms with Crippen LogP contribution in [0.4, 0.5) is 5.69 Å². The van der Waals surface area contributed by atoms with Crippen LogP contribution in [-0.4, -0.2) is 30.4 Å². The number of aryl methyl sites for hydroxylation is 2. The van der Waals surface area contributed by atoms with Crippen molar-refractivity contribution >= 4 is 22.7 Å². The molecule has 2 N–H and O–H groups in total. The summed E-state index contributed by atoms with van der Waals surface area (Å²) in [4.78, 5) is 15.9. The van der Waals surface area contributed by atoms with Crippen LogP contribution in [0.2, 0.25) is 0 Å². The van der Waals surface area contributed by atoms with E-state index in [-0.39, 0.29) is 6.42 Å².